The predicted molar refractivity (Wildman–Crippen MR) is 153 cm³/mol. The zero-order valence-corrected chi connectivity index (χ0v) is 23.0. The Morgan fingerprint density at radius 2 is 1.32 bits per heavy atom. The summed E-state index contributed by atoms with van der Waals surface area (Å²) in [6.07, 6.45) is -0.390. The van der Waals surface area contributed by atoms with Crippen LogP contribution in [0.15, 0.2) is 40.3 Å². The van der Waals surface area contributed by atoms with Crippen LogP contribution < -0.4 is 44.6 Å². The summed E-state index contributed by atoms with van der Waals surface area (Å²) in [7, 11) is 0. The number of aliphatic hydroxyl groups is 1. The van der Waals surface area contributed by atoms with Gasteiger partial charge < -0.3 is 54.8 Å². The minimum atomic E-state index is -1.61. The average molecular weight is 579 g/mol. The van der Waals surface area contributed by atoms with E-state index < -0.39 is 54.0 Å². The molecule has 16 heteroatoms. The maximum Gasteiger partial charge on any atom is 0.328 e. The lowest BCUT2D eigenvalue weighted by molar-refractivity contribution is -0.145. The number of nitrogens with one attached hydrogen (secondary N) is 3. The van der Waals surface area contributed by atoms with Crippen molar-refractivity contribution in [2.45, 2.75) is 69.3 Å². The number of nitrogens with two attached hydrogens (primary N) is 5. The molecule has 15 N–H and O–H groups in total. The molecule has 5 unspecified atom stereocenters. The summed E-state index contributed by atoms with van der Waals surface area (Å²) < 4.78 is 0. The second-order valence-corrected chi connectivity index (χ2v) is 9.38. The van der Waals surface area contributed by atoms with Crippen molar-refractivity contribution in [1.29, 1.82) is 0 Å². The van der Waals surface area contributed by atoms with Gasteiger partial charge in [-0.1, -0.05) is 30.3 Å². The molecule has 0 bridgehead atoms. The number of hydrogen-bond donors (Lipinski definition) is 10. The number of carboxylic acids is 1. The van der Waals surface area contributed by atoms with Gasteiger partial charge in [0.15, 0.2) is 18.0 Å². The van der Waals surface area contributed by atoms with Crippen molar-refractivity contribution in [3.05, 3.63) is 35.9 Å². The van der Waals surface area contributed by atoms with Gasteiger partial charge in [0, 0.05) is 19.5 Å². The van der Waals surface area contributed by atoms with Gasteiger partial charge in [0.05, 0.1) is 12.1 Å². The minimum absolute atomic E-state index is 0.0246. The van der Waals surface area contributed by atoms with Crippen LogP contribution in [-0.4, -0.2) is 89.2 Å². The molecule has 1 aromatic carbocycles. The molecule has 0 spiro atoms. The summed E-state index contributed by atoms with van der Waals surface area (Å²) in [6.45, 7) is 1.62. The van der Waals surface area contributed by atoms with Crippen LogP contribution in [0.1, 0.15) is 38.2 Å². The maximum absolute atomic E-state index is 13.4. The van der Waals surface area contributed by atoms with Gasteiger partial charge in [-0.05, 0) is 38.2 Å². The van der Waals surface area contributed by atoms with Crippen molar-refractivity contribution in [2.24, 2.45) is 38.7 Å². The van der Waals surface area contributed by atoms with E-state index in [9.17, 15) is 29.4 Å². The summed E-state index contributed by atoms with van der Waals surface area (Å²) in [5.41, 5.74) is 28.0. The number of amides is 3. The molecule has 3 amide bonds. The number of nitrogens with zero attached hydrogens (tertiary/aromatic N) is 2. The molecule has 0 fully saturated rings. The monoisotopic (exact) mass is 578 g/mol. The van der Waals surface area contributed by atoms with E-state index in [1.165, 1.54) is 6.92 Å². The summed E-state index contributed by atoms with van der Waals surface area (Å²) in [5, 5.41) is 26.6. The normalized spacial score (nSPS) is 14.3. The van der Waals surface area contributed by atoms with Crippen molar-refractivity contribution >= 4 is 35.6 Å². The molecule has 1 rings (SSSR count). The Kier molecular flexibility index (Phi) is 15.2. The van der Waals surface area contributed by atoms with Crippen molar-refractivity contribution < 1.29 is 29.4 Å². The second-order valence-electron chi connectivity index (χ2n) is 9.38. The maximum atomic E-state index is 13.4. The van der Waals surface area contributed by atoms with Crippen LogP contribution in [-0.2, 0) is 25.6 Å². The zero-order chi connectivity index (χ0) is 30.9. The Labute approximate surface area is 238 Å². The van der Waals surface area contributed by atoms with Gasteiger partial charge in [0.25, 0.3) is 0 Å². The van der Waals surface area contributed by atoms with Gasteiger partial charge in [-0.3, -0.25) is 24.4 Å². The summed E-state index contributed by atoms with van der Waals surface area (Å²) >= 11 is 0. The standard InChI is InChI=1S/C25H42N10O6/c1-14(36)19(23(40)41)35-21(38)17(10-6-12-32-25(29)30)33-22(39)18(13-15-7-3-2-4-8-15)34-20(37)16(26)9-5-11-31-24(27)28/h2-4,7-8,14,16-19,36H,5-6,9-13,26H2,1H3,(H,33,39)(H,34,37)(H,35,38)(H,40,41)(H4,27,28,31)(H4,29,30,32). The Morgan fingerprint density at radius 1 is 0.805 bits per heavy atom. The number of hydrogen-bond acceptors (Lipinski definition) is 8. The largest absolute Gasteiger partial charge is 0.480 e. The molecule has 41 heavy (non-hydrogen) atoms. The SMILES string of the molecule is CC(O)C(NC(=O)C(CCCN=C(N)N)NC(=O)C(Cc1ccccc1)NC(=O)C(N)CCCN=C(N)N)C(=O)O. The highest BCUT2D eigenvalue weighted by Gasteiger charge is 2.31. The van der Waals surface area contributed by atoms with E-state index in [-0.39, 0.29) is 50.7 Å². The third-order valence-electron chi connectivity index (χ3n) is 5.84. The van der Waals surface area contributed by atoms with Crippen LogP contribution in [0.5, 0.6) is 0 Å². The minimum Gasteiger partial charge on any atom is -0.480 e. The van der Waals surface area contributed by atoms with Crippen molar-refractivity contribution in [1.82, 2.24) is 16.0 Å². The summed E-state index contributed by atoms with van der Waals surface area (Å²) in [6, 6.07) is 3.92. The van der Waals surface area contributed by atoms with Crippen LogP contribution in [0.25, 0.3) is 0 Å². The molecule has 16 nitrogen and oxygen atoms in total. The number of guanidine groups is 2. The average Bonchev–Trinajstić information content (AvgIpc) is 2.90. The van der Waals surface area contributed by atoms with Crippen LogP contribution in [0.2, 0.25) is 0 Å². The highest BCUT2D eigenvalue weighted by molar-refractivity contribution is 5.94. The Bertz CT molecular complexity index is 1060. The lowest BCUT2D eigenvalue weighted by atomic mass is 10.0. The van der Waals surface area contributed by atoms with Gasteiger partial charge in [0.2, 0.25) is 17.7 Å². The van der Waals surface area contributed by atoms with E-state index in [0.717, 1.165) is 5.56 Å². The van der Waals surface area contributed by atoms with E-state index in [4.69, 9.17) is 28.7 Å². The second kappa shape index (κ2) is 18.0. The number of aliphatic carboxylic acids is 1. The first-order valence-electron chi connectivity index (χ1n) is 13.0. The van der Waals surface area contributed by atoms with Gasteiger partial charge in [-0.15, -0.1) is 0 Å². The third-order valence-corrected chi connectivity index (χ3v) is 5.84. The molecule has 5 atom stereocenters. The lowest BCUT2D eigenvalue weighted by Crippen LogP contribution is -2.58. The molecule has 228 valence electrons. The van der Waals surface area contributed by atoms with Gasteiger partial charge in [-0.25, -0.2) is 4.79 Å². The van der Waals surface area contributed by atoms with Crippen molar-refractivity contribution in [3.8, 4) is 0 Å². The van der Waals surface area contributed by atoms with E-state index in [1.807, 2.05) is 0 Å². The summed E-state index contributed by atoms with van der Waals surface area (Å²) in [4.78, 5) is 58.5. The smallest absolute Gasteiger partial charge is 0.328 e. The fourth-order valence-electron chi connectivity index (χ4n) is 3.68. The topological polar surface area (TPSA) is 300 Å². The Hall–Kier alpha value is -4.44. The molecule has 0 aliphatic heterocycles. The number of carboxylic acid groups (broad SMARTS) is 1. The molecular formula is C25H42N10O6. The van der Waals surface area contributed by atoms with Gasteiger partial charge in [-0.2, -0.15) is 0 Å². The number of carbonyl (C=O) groups is 4. The summed E-state index contributed by atoms with van der Waals surface area (Å²) in [5.74, 6) is -3.85. The first kappa shape index (κ1) is 34.6. The van der Waals surface area contributed by atoms with Crippen LogP contribution in [0.4, 0.5) is 0 Å². The first-order chi connectivity index (χ1) is 19.3. The number of carbonyl (C=O) groups excluding carboxylic acids is 3. The fourth-order valence-corrected chi connectivity index (χ4v) is 3.68. The highest BCUT2D eigenvalue weighted by atomic mass is 16.4. The molecule has 0 saturated carbocycles. The molecule has 0 saturated heterocycles. The number of aliphatic imine (C=N–C) groups is 2. The van der Waals surface area contributed by atoms with Crippen molar-refractivity contribution in [2.75, 3.05) is 13.1 Å². The van der Waals surface area contributed by atoms with Crippen LogP contribution in [0.3, 0.4) is 0 Å². The zero-order valence-electron chi connectivity index (χ0n) is 23.0. The highest BCUT2D eigenvalue weighted by Crippen LogP contribution is 2.07. The molecule has 0 heterocycles. The number of aliphatic hydroxyl groups excluding tert-OH is 1. The molecule has 0 radical (unpaired) electrons. The first-order valence-corrected chi connectivity index (χ1v) is 13.0. The quantitative estimate of drug-likeness (QED) is 0.0464. The van der Waals surface area contributed by atoms with Gasteiger partial charge >= 0.3 is 5.97 Å². The molecule has 1 aromatic rings. The predicted octanol–water partition coefficient (Wildman–Crippen LogP) is -3.42. The molecular weight excluding hydrogens is 536 g/mol. The van der Waals surface area contributed by atoms with E-state index in [2.05, 4.69) is 25.9 Å². The van der Waals surface area contributed by atoms with E-state index in [0.29, 0.717) is 6.42 Å². The van der Waals surface area contributed by atoms with Crippen LogP contribution in [0, 0.1) is 0 Å². The Balaban J connectivity index is 3.11. The Morgan fingerprint density at radius 3 is 1.83 bits per heavy atom. The number of rotatable bonds is 18. The van der Waals surface area contributed by atoms with E-state index in [1.54, 1.807) is 30.3 Å². The van der Waals surface area contributed by atoms with Crippen LogP contribution >= 0.6 is 0 Å². The molecule has 0 aromatic heterocycles. The van der Waals surface area contributed by atoms with Crippen molar-refractivity contribution in [3.63, 3.8) is 0 Å². The molecule has 0 aliphatic carbocycles. The van der Waals surface area contributed by atoms with E-state index >= 15 is 0 Å². The molecule has 0 aliphatic rings. The lowest BCUT2D eigenvalue weighted by Gasteiger charge is -2.26. The number of benzene rings is 1. The fraction of sp³-hybridized carbons (Fsp3) is 0.520. The van der Waals surface area contributed by atoms with Gasteiger partial charge in [0.1, 0.15) is 12.1 Å². The third kappa shape index (κ3) is 14.0.